The van der Waals surface area contributed by atoms with Crippen LogP contribution in [0.25, 0.3) is 0 Å². The van der Waals surface area contributed by atoms with Gasteiger partial charge in [-0.15, -0.1) is 0 Å². The molecule has 0 radical (unpaired) electrons. The number of amides is 3. The van der Waals surface area contributed by atoms with Crippen LogP contribution in [0.15, 0.2) is 24.3 Å². The molecule has 1 aliphatic carbocycles. The summed E-state index contributed by atoms with van der Waals surface area (Å²) < 4.78 is 5.22. The van der Waals surface area contributed by atoms with Gasteiger partial charge in [-0.05, 0) is 37.0 Å². The number of urea groups is 1. The van der Waals surface area contributed by atoms with Crippen molar-refractivity contribution in [2.75, 3.05) is 13.2 Å². The van der Waals surface area contributed by atoms with Gasteiger partial charge in [0.1, 0.15) is 0 Å². The van der Waals surface area contributed by atoms with E-state index >= 15 is 0 Å². The van der Waals surface area contributed by atoms with Crippen molar-refractivity contribution in [2.45, 2.75) is 44.4 Å². The molecule has 0 aliphatic heterocycles. The van der Waals surface area contributed by atoms with Gasteiger partial charge in [-0.25, -0.2) is 4.79 Å². The van der Waals surface area contributed by atoms with Gasteiger partial charge in [0.15, 0.2) is 6.61 Å². The lowest BCUT2D eigenvalue weighted by Gasteiger charge is -2.27. The van der Waals surface area contributed by atoms with Crippen LogP contribution in [0.5, 0.6) is 0 Å². The average molecular weight is 367 g/mol. The van der Waals surface area contributed by atoms with E-state index in [-0.39, 0.29) is 0 Å². The Hall–Kier alpha value is -2.08. The van der Waals surface area contributed by atoms with Gasteiger partial charge >= 0.3 is 12.0 Å². The maximum absolute atomic E-state index is 12.7. The number of benzene rings is 1. The van der Waals surface area contributed by atoms with Crippen molar-refractivity contribution in [3.63, 3.8) is 0 Å². The molecular weight excluding hydrogens is 344 g/mol. The van der Waals surface area contributed by atoms with E-state index in [9.17, 15) is 14.4 Å². The zero-order chi connectivity index (χ0) is 18.3. The molecule has 1 aromatic rings. The van der Waals surface area contributed by atoms with Crippen molar-refractivity contribution in [2.24, 2.45) is 0 Å². The van der Waals surface area contributed by atoms with Crippen LogP contribution in [0.4, 0.5) is 4.79 Å². The highest BCUT2D eigenvalue weighted by molar-refractivity contribution is 6.30. The number of nitrogens with one attached hydrogen (secondary N) is 2. The van der Waals surface area contributed by atoms with Crippen molar-refractivity contribution in [3.8, 4) is 0 Å². The molecule has 1 fully saturated rings. The van der Waals surface area contributed by atoms with Crippen LogP contribution >= 0.6 is 11.6 Å². The van der Waals surface area contributed by atoms with Crippen molar-refractivity contribution >= 4 is 29.5 Å². The molecule has 0 saturated heterocycles. The first-order chi connectivity index (χ1) is 12.0. The smallest absolute Gasteiger partial charge is 0.321 e. The summed E-state index contributed by atoms with van der Waals surface area (Å²) in [5.41, 5.74) is 0.107. The fourth-order valence-corrected chi connectivity index (χ4v) is 3.20. The van der Waals surface area contributed by atoms with E-state index in [0.29, 0.717) is 24.4 Å². The minimum absolute atomic E-state index is 0.434. The molecule has 0 bridgehead atoms. The largest absolute Gasteiger partial charge is 0.455 e. The Kier molecular flexibility index (Phi) is 6.82. The predicted molar refractivity (Wildman–Crippen MR) is 94.4 cm³/mol. The second kappa shape index (κ2) is 8.85. The van der Waals surface area contributed by atoms with E-state index in [2.05, 4.69) is 10.6 Å². The Bertz CT molecular complexity index is 624. The van der Waals surface area contributed by atoms with Crippen LogP contribution in [0.3, 0.4) is 0 Å². The van der Waals surface area contributed by atoms with Gasteiger partial charge in [0, 0.05) is 11.6 Å². The van der Waals surface area contributed by atoms with Gasteiger partial charge in [-0.1, -0.05) is 43.5 Å². The number of rotatable bonds is 6. The first kappa shape index (κ1) is 19.2. The normalized spacial score (nSPS) is 15.4. The van der Waals surface area contributed by atoms with Gasteiger partial charge in [0.2, 0.25) is 0 Å². The summed E-state index contributed by atoms with van der Waals surface area (Å²) in [5, 5.41) is 5.26. The summed E-state index contributed by atoms with van der Waals surface area (Å²) in [5.74, 6) is -1.08. The Morgan fingerprint density at radius 2 is 1.80 bits per heavy atom. The third kappa shape index (κ3) is 4.95. The molecule has 25 heavy (non-hydrogen) atoms. The van der Waals surface area contributed by atoms with Crippen LogP contribution in [0.1, 0.15) is 44.6 Å². The maximum atomic E-state index is 12.7. The maximum Gasteiger partial charge on any atom is 0.321 e. The van der Waals surface area contributed by atoms with Crippen LogP contribution in [0.2, 0.25) is 5.02 Å². The number of halogens is 1. The standard InChI is InChI=1S/C18H23ClN2O4/c1-2-11-20-17(24)21-15(22)12-25-16(23)18(9-3-4-10-18)13-5-7-14(19)8-6-13/h5-8H,2-4,9-12H2,1H3,(H2,20,21,22,24). The van der Waals surface area contributed by atoms with E-state index in [1.54, 1.807) is 12.1 Å². The SMILES string of the molecule is CCCNC(=O)NC(=O)COC(=O)C1(c2ccc(Cl)cc2)CCCC1. The number of esters is 1. The summed E-state index contributed by atoms with van der Waals surface area (Å²) in [4.78, 5) is 35.9. The van der Waals surface area contributed by atoms with Crippen LogP contribution < -0.4 is 10.6 Å². The number of carbonyl (C=O) groups excluding carboxylic acids is 3. The third-order valence-electron chi connectivity index (χ3n) is 4.37. The monoisotopic (exact) mass is 366 g/mol. The highest BCUT2D eigenvalue weighted by Gasteiger charge is 2.44. The summed E-state index contributed by atoms with van der Waals surface area (Å²) in [7, 11) is 0. The molecule has 1 aliphatic rings. The first-order valence-corrected chi connectivity index (χ1v) is 8.86. The van der Waals surface area contributed by atoms with E-state index in [1.165, 1.54) is 0 Å². The lowest BCUT2D eigenvalue weighted by Crippen LogP contribution is -2.43. The number of hydrogen-bond donors (Lipinski definition) is 2. The van der Waals surface area contributed by atoms with E-state index in [1.807, 2.05) is 19.1 Å². The second-order valence-corrected chi connectivity index (χ2v) is 6.61. The minimum Gasteiger partial charge on any atom is -0.455 e. The van der Waals surface area contributed by atoms with E-state index < -0.39 is 29.9 Å². The highest BCUT2D eigenvalue weighted by atomic mass is 35.5. The second-order valence-electron chi connectivity index (χ2n) is 6.18. The van der Waals surface area contributed by atoms with Crippen molar-refractivity contribution in [1.29, 1.82) is 0 Å². The van der Waals surface area contributed by atoms with Crippen molar-refractivity contribution in [1.82, 2.24) is 10.6 Å². The molecule has 0 spiro atoms. The Labute approximate surface area is 152 Å². The molecule has 2 N–H and O–H groups in total. The Balaban J connectivity index is 1.96. The summed E-state index contributed by atoms with van der Waals surface area (Å²) in [6.45, 7) is 1.90. The molecule has 1 aromatic carbocycles. The van der Waals surface area contributed by atoms with Crippen LogP contribution in [0, 0.1) is 0 Å². The molecule has 6 nitrogen and oxygen atoms in total. The zero-order valence-corrected chi connectivity index (χ0v) is 15.0. The van der Waals surface area contributed by atoms with E-state index in [0.717, 1.165) is 24.8 Å². The van der Waals surface area contributed by atoms with Gasteiger partial charge < -0.3 is 10.1 Å². The molecule has 0 heterocycles. The number of imide groups is 1. The Morgan fingerprint density at radius 1 is 1.16 bits per heavy atom. The summed E-state index contributed by atoms with van der Waals surface area (Å²) in [6.07, 6.45) is 3.95. The fourth-order valence-electron chi connectivity index (χ4n) is 3.07. The molecule has 0 aromatic heterocycles. The molecule has 2 rings (SSSR count). The number of carbonyl (C=O) groups is 3. The molecule has 7 heteroatoms. The molecule has 1 saturated carbocycles. The lowest BCUT2D eigenvalue weighted by molar-refractivity contribution is -0.154. The highest BCUT2D eigenvalue weighted by Crippen LogP contribution is 2.42. The number of ether oxygens (including phenoxy) is 1. The predicted octanol–water partition coefficient (Wildman–Crippen LogP) is 2.93. The van der Waals surface area contributed by atoms with E-state index in [4.69, 9.17) is 16.3 Å². The van der Waals surface area contributed by atoms with Crippen LogP contribution in [-0.4, -0.2) is 31.1 Å². The van der Waals surface area contributed by atoms with Gasteiger partial charge in [0.05, 0.1) is 5.41 Å². The van der Waals surface area contributed by atoms with Gasteiger partial charge in [0.25, 0.3) is 5.91 Å². The van der Waals surface area contributed by atoms with Crippen LogP contribution in [-0.2, 0) is 19.7 Å². The first-order valence-electron chi connectivity index (χ1n) is 8.49. The quantitative estimate of drug-likeness (QED) is 0.758. The van der Waals surface area contributed by atoms with Gasteiger partial charge in [-0.2, -0.15) is 0 Å². The zero-order valence-electron chi connectivity index (χ0n) is 14.3. The average Bonchev–Trinajstić information content (AvgIpc) is 3.09. The number of hydrogen-bond acceptors (Lipinski definition) is 4. The molecule has 0 unspecified atom stereocenters. The molecule has 136 valence electrons. The molecule has 0 atom stereocenters. The summed E-state index contributed by atoms with van der Waals surface area (Å²) in [6, 6.07) is 6.56. The minimum atomic E-state index is -0.741. The topological polar surface area (TPSA) is 84.5 Å². The van der Waals surface area contributed by atoms with Gasteiger partial charge in [-0.3, -0.25) is 14.9 Å². The lowest BCUT2D eigenvalue weighted by atomic mass is 9.79. The third-order valence-corrected chi connectivity index (χ3v) is 4.62. The van der Waals surface area contributed by atoms with Crippen molar-refractivity contribution < 1.29 is 19.1 Å². The molecular formula is C18H23ClN2O4. The molecule has 3 amide bonds. The summed E-state index contributed by atoms with van der Waals surface area (Å²) >= 11 is 5.92. The fraction of sp³-hybridized carbons (Fsp3) is 0.500. The Morgan fingerprint density at radius 3 is 2.40 bits per heavy atom. The van der Waals surface area contributed by atoms with Crippen molar-refractivity contribution in [3.05, 3.63) is 34.9 Å².